The Kier molecular flexibility index (Phi) is 4.30. The molecule has 0 radical (unpaired) electrons. The van der Waals surface area contributed by atoms with E-state index >= 15 is 0 Å². The van der Waals surface area contributed by atoms with E-state index in [0.29, 0.717) is 5.56 Å². The Morgan fingerprint density at radius 2 is 1.93 bits per heavy atom. The Balaban J connectivity index is 2.28. The molecule has 15 heavy (non-hydrogen) atoms. The summed E-state index contributed by atoms with van der Waals surface area (Å²) in [7, 11) is 0. The van der Waals surface area contributed by atoms with E-state index in [9.17, 15) is 9.59 Å². The maximum atomic E-state index is 11.3. The summed E-state index contributed by atoms with van der Waals surface area (Å²) >= 11 is 0. The zero-order valence-electron chi connectivity index (χ0n) is 8.23. The first kappa shape index (κ1) is 11.2. The van der Waals surface area contributed by atoms with Gasteiger partial charge in [0.1, 0.15) is 0 Å². The molecular weight excluding hydrogens is 198 g/mol. The van der Waals surface area contributed by atoms with Crippen molar-refractivity contribution in [1.82, 2.24) is 5.48 Å². The van der Waals surface area contributed by atoms with Crippen molar-refractivity contribution in [3.8, 4) is 0 Å². The normalized spacial score (nSPS) is 9.40. The maximum absolute atomic E-state index is 11.3. The van der Waals surface area contributed by atoms with E-state index in [0.717, 1.165) is 0 Å². The van der Waals surface area contributed by atoms with Crippen LogP contribution in [0.4, 0.5) is 0 Å². The lowest BCUT2D eigenvalue weighted by molar-refractivity contribution is -0.145. The van der Waals surface area contributed by atoms with Crippen molar-refractivity contribution in [3.63, 3.8) is 0 Å². The van der Waals surface area contributed by atoms with Crippen LogP contribution in [0.15, 0.2) is 30.3 Å². The molecule has 0 amide bonds. The number of ether oxygens (including phenoxy) is 1. The molecule has 0 atom stereocenters. The second kappa shape index (κ2) is 5.77. The SMILES string of the molecule is CC(=O)OCNOC(=O)c1ccccc1. The zero-order valence-corrected chi connectivity index (χ0v) is 8.23. The van der Waals surface area contributed by atoms with Crippen molar-refractivity contribution >= 4 is 11.9 Å². The molecule has 80 valence electrons. The quantitative estimate of drug-likeness (QED) is 0.345. The Hall–Kier alpha value is -1.88. The monoisotopic (exact) mass is 209 g/mol. The van der Waals surface area contributed by atoms with Crippen molar-refractivity contribution in [2.45, 2.75) is 6.92 Å². The van der Waals surface area contributed by atoms with Crippen molar-refractivity contribution in [2.24, 2.45) is 0 Å². The van der Waals surface area contributed by atoms with Gasteiger partial charge in [-0.2, -0.15) is 0 Å². The van der Waals surface area contributed by atoms with E-state index in [1.54, 1.807) is 30.3 Å². The summed E-state index contributed by atoms with van der Waals surface area (Å²) in [4.78, 5) is 26.2. The van der Waals surface area contributed by atoms with E-state index in [2.05, 4.69) is 15.1 Å². The number of nitrogens with one attached hydrogen (secondary N) is 1. The predicted octanol–water partition coefficient (Wildman–Crippen LogP) is 0.869. The summed E-state index contributed by atoms with van der Waals surface area (Å²) < 4.78 is 4.50. The van der Waals surface area contributed by atoms with Crippen LogP contribution in [0.25, 0.3) is 0 Å². The topological polar surface area (TPSA) is 64.6 Å². The van der Waals surface area contributed by atoms with Gasteiger partial charge in [-0.3, -0.25) is 4.79 Å². The number of hydrogen-bond donors (Lipinski definition) is 1. The molecule has 0 saturated carbocycles. The standard InChI is InChI=1S/C10H11NO4/c1-8(12)14-7-11-15-10(13)9-5-3-2-4-6-9/h2-6,11H,7H2,1H3. The Morgan fingerprint density at radius 1 is 1.27 bits per heavy atom. The van der Waals surface area contributed by atoms with E-state index in [4.69, 9.17) is 0 Å². The van der Waals surface area contributed by atoms with Crippen LogP contribution in [-0.2, 0) is 14.4 Å². The summed E-state index contributed by atoms with van der Waals surface area (Å²) in [6.07, 6.45) is 0. The fourth-order valence-electron chi connectivity index (χ4n) is 0.859. The highest BCUT2D eigenvalue weighted by atomic mass is 16.7. The lowest BCUT2D eigenvalue weighted by Crippen LogP contribution is -2.23. The van der Waals surface area contributed by atoms with Gasteiger partial charge in [0, 0.05) is 6.92 Å². The van der Waals surface area contributed by atoms with Gasteiger partial charge in [0.15, 0.2) is 6.73 Å². The minimum Gasteiger partial charge on any atom is -0.447 e. The first-order valence-electron chi connectivity index (χ1n) is 4.32. The van der Waals surface area contributed by atoms with Crippen LogP contribution in [0.1, 0.15) is 17.3 Å². The van der Waals surface area contributed by atoms with Gasteiger partial charge in [0.25, 0.3) is 0 Å². The van der Waals surface area contributed by atoms with Gasteiger partial charge < -0.3 is 9.57 Å². The van der Waals surface area contributed by atoms with Crippen LogP contribution < -0.4 is 5.48 Å². The molecule has 5 heteroatoms. The van der Waals surface area contributed by atoms with Crippen LogP contribution in [0.5, 0.6) is 0 Å². The van der Waals surface area contributed by atoms with Gasteiger partial charge in [0.2, 0.25) is 0 Å². The summed E-state index contributed by atoms with van der Waals surface area (Å²) in [5.74, 6) is -0.971. The fourth-order valence-corrected chi connectivity index (χ4v) is 0.859. The summed E-state index contributed by atoms with van der Waals surface area (Å²) in [6.45, 7) is 1.11. The van der Waals surface area contributed by atoms with Gasteiger partial charge in [-0.15, -0.1) is 5.48 Å². The Morgan fingerprint density at radius 3 is 2.53 bits per heavy atom. The third-order valence-electron chi connectivity index (χ3n) is 1.51. The van der Waals surface area contributed by atoms with Crippen molar-refractivity contribution in [3.05, 3.63) is 35.9 Å². The van der Waals surface area contributed by atoms with E-state index in [1.807, 2.05) is 0 Å². The second-order valence-electron chi connectivity index (χ2n) is 2.68. The Bertz CT molecular complexity index is 337. The lowest BCUT2D eigenvalue weighted by atomic mass is 10.2. The molecule has 0 aliphatic heterocycles. The average molecular weight is 209 g/mol. The molecule has 0 unspecified atom stereocenters. The smallest absolute Gasteiger partial charge is 0.356 e. The number of rotatable bonds is 4. The Labute approximate surface area is 86.9 Å². The van der Waals surface area contributed by atoms with Gasteiger partial charge in [-0.05, 0) is 12.1 Å². The highest BCUT2D eigenvalue weighted by Crippen LogP contribution is 1.99. The molecule has 0 bridgehead atoms. The molecule has 0 aliphatic carbocycles. The van der Waals surface area contributed by atoms with Crippen LogP contribution in [0.2, 0.25) is 0 Å². The van der Waals surface area contributed by atoms with Crippen LogP contribution in [-0.4, -0.2) is 18.7 Å². The molecule has 0 spiro atoms. The minimum absolute atomic E-state index is 0.159. The van der Waals surface area contributed by atoms with Crippen molar-refractivity contribution < 1.29 is 19.2 Å². The van der Waals surface area contributed by atoms with Crippen LogP contribution in [0, 0.1) is 0 Å². The highest BCUT2D eigenvalue weighted by molar-refractivity contribution is 5.89. The van der Waals surface area contributed by atoms with Crippen LogP contribution in [0.3, 0.4) is 0 Å². The molecular formula is C10H11NO4. The molecule has 0 fully saturated rings. The minimum atomic E-state index is -0.525. The summed E-state index contributed by atoms with van der Waals surface area (Å²) in [6, 6.07) is 8.49. The van der Waals surface area contributed by atoms with Crippen LogP contribution >= 0.6 is 0 Å². The number of carbonyl (C=O) groups is 2. The van der Waals surface area contributed by atoms with Gasteiger partial charge in [0.05, 0.1) is 5.56 Å². The third-order valence-corrected chi connectivity index (χ3v) is 1.51. The summed E-state index contributed by atoms with van der Waals surface area (Å²) in [5, 5.41) is 0. The molecule has 1 N–H and O–H groups in total. The molecule has 0 aliphatic rings. The highest BCUT2D eigenvalue weighted by Gasteiger charge is 2.05. The van der Waals surface area contributed by atoms with E-state index in [-0.39, 0.29) is 6.73 Å². The van der Waals surface area contributed by atoms with Crippen molar-refractivity contribution in [2.75, 3.05) is 6.73 Å². The van der Waals surface area contributed by atoms with E-state index < -0.39 is 11.9 Å². The van der Waals surface area contributed by atoms with Gasteiger partial charge in [-0.1, -0.05) is 18.2 Å². The predicted molar refractivity (Wildman–Crippen MR) is 51.6 cm³/mol. The van der Waals surface area contributed by atoms with Crippen molar-refractivity contribution in [1.29, 1.82) is 0 Å². The largest absolute Gasteiger partial charge is 0.447 e. The molecule has 1 aromatic carbocycles. The number of hydrogen-bond acceptors (Lipinski definition) is 5. The molecule has 1 aromatic rings. The molecule has 0 aromatic heterocycles. The number of carbonyl (C=O) groups excluding carboxylic acids is 2. The fraction of sp³-hybridized carbons (Fsp3) is 0.200. The molecule has 1 rings (SSSR count). The molecule has 5 nitrogen and oxygen atoms in total. The van der Waals surface area contributed by atoms with Gasteiger partial charge >= 0.3 is 11.9 Å². The summed E-state index contributed by atoms with van der Waals surface area (Å²) in [5.41, 5.74) is 2.65. The second-order valence-corrected chi connectivity index (χ2v) is 2.68. The molecule has 0 heterocycles. The first-order valence-corrected chi connectivity index (χ1v) is 4.32. The zero-order chi connectivity index (χ0) is 11.1. The number of esters is 1. The lowest BCUT2D eigenvalue weighted by Gasteiger charge is -2.05. The average Bonchev–Trinajstić information content (AvgIpc) is 2.25. The number of hydroxylamine groups is 1. The number of benzene rings is 1. The first-order chi connectivity index (χ1) is 7.20. The van der Waals surface area contributed by atoms with Gasteiger partial charge in [-0.25, -0.2) is 4.79 Å². The van der Waals surface area contributed by atoms with E-state index in [1.165, 1.54) is 6.92 Å². The molecule has 0 saturated heterocycles. The maximum Gasteiger partial charge on any atom is 0.356 e. The third kappa shape index (κ3) is 4.24.